The van der Waals surface area contributed by atoms with Crippen LogP contribution in [-0.2, 0) is 0 Å². The van der Waals surface area contributed by atoms with Crippen molar-refractivity contribution in [2.45, 2.75) is 38.2 Å². The molecule has 0 atom stereocenters. The third-order valence-corrected chi connectivity index (χ3v) is 3.29. The molecular weight excluding hydrogens is 235 g/mol. The van der Waals surface area contributed by atoms with Gasteiger partial charge >= 0.3 is 0 Å². The van der Waals surface area contributed by atoms with Gasteiger partial charge in [-0.3, -0.25) is 0 Å². The van der Waals surface area contributed by atoms with E-state index in [4.69, 9.17) is 27.9 Å². The molecule has 1 heterocycles. The van der Waals surface area contributed by atoms with Crippen LogP contribution in [0.3, 0.4) is 0 Å². The van der Waals surface area contributed by atoms with Crippen molar-refractivity contribution in [2.75, 3.05) is 0 Å². The number of halogens is 2. The third kappa shape index (κ3) is 2.73. The van der Waals surface area contributed by atoms with Crippen molar-refractivity contribution in [3.63, 3.8) is 0 Å². The van der Waals surface area contributed by atoms with E-state index in [1.807, 2.05) is 0 Å². The van der Waals surface area contributed by atoms with Crippen LogP contribution in [-0.4, -0.2) is 16.3 Å². The summed E-state index contributed by atoms with van der Waals surface area (Å²) >= 11 is 11.7. The summed E-state index contributed by atoms with van der Waals surface area (Å²) in [6.45, 7) is 0. The van der Waals surface area contributed by atoms with E-state index in [9.17, 15) is 0 Å². The van der Waals surface area contributed by atoms with Crippen LogP contribution in [0.2, 0.25) is 10.2 Å². The van der Waals surface area contributed by atoms with E-state index in [0.29, 0.717) is 10.8 Å². The Hall–Kier alpha value is -0.540. The molecule has 15 heavy (non-hydrogen) atoms. The maximum Gasteiger partial charge on any atom is 0.174 e. The van der Waals surface area contributed by atoms with Crippen LogP contribution in [0.1, 0.15) is 32.1 Å². The Bertz CT molecular complexity index is 340. The lowest BCUT2D eigenvalue weighted by Gasteiger charge is -2.23. The SMILES string of the molecule is Clc1nncc(OC2CCCCC2)c1Cl. The lowest BCUT2D eigenvalue weighted by molar-refractivity contribution is 0.154. The standard InChI is InChI=1S/C10H12Cl2N2O/c11-9-8(6-13-14-10(9)12)15-7-4-2-1-3-5-7/h6-7H,1-5H2. The molecule has 0 aromatic carbocycles. The molecule has 1 saturated carbocycles. The van der Waals surface area contributed by atoms with Crippen molar-refractivity contribution < 1.29 is 4.74 Å². The molecule has 1 aliphatic carbocycles. The molecule has 2 rings (SSSR count). The molecule has 1 aliphatic rings. The molecule has 0 bridgehead atoms. The first-order valence-electron chi connectivity index (χ1n) is 5.10. The Morgan fingerprint density at radius 1 is 1.20 bits per heavy atom. The quantitative estimate of drug-likeness (QED) is 0.802. The Kier molecular flexibility index (Phi) is 3.65. The summed E-state index contributed by atoms with van der Waals surface area (Å²) in [5.41, 5.74) is 0. The van der Waals surface area contributed by atoms with Crippen molar-refractivity contribution in [1.29, 1.82) is 0 Å². The normalized spacial score (nSPS) is 17.7. The monoisotopic (exact) mass is 246 g/mol. The predicted molar refractivity (Wildman–Crippen MR) is 59.6 cm³/mol. The van der Waals surface area contributed by atoms with E-state index in [1.165, 1.54) is 25.5 Å². The molecule has 0 unspecified atom stereocenters. The first-order chi connectivity index (χ1) is 7.27. The maximum atomic E-state index is 5.95. The lowest BCUT2D eigenvalue weighted by atomic mass is 9.98. The second-order valence-corrected chi connectivity index (χ2v) is 4.43. The number of aromatic nitrogens is 2. The Balaban J connectivity index is 2.06. The Labute approximate surface area is 98.7 Å². The summed E-state index contributed by atoms with van der Waals surface area (Å²) < 4.78 is 5.75. The fourth-order valence-corrected chi connectivity index (χ4v) is 2.05. The maximum absolute atomic E-state index is 5.95. The molecule has 0 amide bonds. The van der Waals surface area contributed by atoms with Crippen LogP contribution in [0, 0.1) is 0 Å². The second-order valence-electron chi connectivity index (χ2n) is 3.69. The molecule has 0 radical (unpaired) electrons. The number of rotatable bonds is 2. The zero-order valence-corrected chi connectivity index (χ0v) is 9.76. The fourth-order valence-electron chi connectivity index (χ4n) is 1.78. The zero-order chi connectivity index (χ0) is 10.7. The molecule has 5 heteroatoms. The van der Waals surface area contributed by atoms with Gasteiger partial charge in [-0.15, -0.1) is 5.10 Å². The van der Waals surface area contributed by atoms with Crippen molar-refractivity contribution in [3.05, 3.63) is 16.4 Å². The highest BCUT2D eigenvalue weighted by Crippen LogP contribution is 2.31. The minimum absolute atomic E-state index is 0.199. The molecule has 0 saturated heterocycles. The summed E-state index contributed by atoms with van der Waals surface area (Å²) in [5.74, 6) is 0.545. The average molecular weight is 247 g/mol. The first-order valence-corrected chi connectivity index (χ1v) is 5.86. The van der Waals surface area contributed by atoms with Crippen LogP contribution in [0.25, 0.3) is 0 Å². The van der Waals surface area contributed by atoms with E-state index in [-0.39, 0.29) is 11.3 Å². The molecule has 0 aliphatic heterocycles. The van der Waals surface area contributed by atoms with Crippen molar-refractivity contribution in [2.24, 2.45) is 0 Å². The van der Waals surface area contributed by atoms with Gasteiger partial charge in [0.2, 0.25) is 0 Å². The van der Waals surface area contributed by atoms with Gasteiger partial charge in [-0.25, -0.2) is 0 Å². The van der Waals surface area contributed by atoms with E-state index in [2.05, 4.69) is 10.2 Å². The molecular formula is C10H12Cl2N2O. The Morgan fingerprint density at radius 2 is 1.93 bits per heavy atom. The third-order valence-electron chi connectivity index (χ3n) is 2.56. The van der Waals surface area contributed by atoms with Crippen molar-refractivity contribution >= 4 is 23.2 Å². The molecule has 1 aromatic rings. The molecule has 3 nitrogen and oxygen atoms in total. The van der Waals surface area contributed by atoms with E-state index in [0.717, 1.165) is 12.8 Å². The van der Waals surface area contributed by atoms with Crippen LogP contribution >= 0.6 is 23.2 Å². The molecule has 1 aromatic heterocycles. The van der Waals surface area contributed by atoms with Gasteiger partial charge in [0.15, 0.2) is 10.9 Å². The highest BCUT2D eigenvalue weighted by molar-refractivity contribution is 6.42. The summed E-state index contributed by atoms with van der Waals surface area (Å²) in [6.07, 6.45) is 7.65. The number of ether oxygens (including phenoxy) is 1. The topological polar surface area (TPSA) is 35.0 Å². The van der Waals surface area contributed by atoms with E-state index in [1.54, 1.807) is 0 Å². The van der Waals surface area contributed by atoms with Gasteiger partial charge in [-0.2, -0.15) is 5.10 Å². The molecule has 0 spiro atoms. The summed E-state index contributed by atoms with van der Waals surface area (Å²) in [7, 11) is 0. The highest BCUT2D eigenvalue weighted by atomic mass is 35.5. The minimum Gasteiger partial charge on any atom is -0.487 e. The Morgan fingerprint density at radius 3 is 2.67 bits per heavy atom. The van der Waals surface area contributed by atoms with Crippen LogP contribution in [0.5, 0.6) is 5.75 Å². The second kappa shape index (κ2) is 4.99. The van der Waals surface area contributed by atoms with Gasteiger partial charge in [0.25, 0.3) is 0 Å². The smallest absolute Gasteiger partial charge is 0.174 e. The number of nitrogens with zero attached hydrogens (tertiary/aromatic N) is 2. The van der Waals surface area contributed by atoms with Gasteiger partial charge in [0.05, 0.1) is 12.3 Å². The van der Waals surface area contributed by atoms with Gasteiger partial charge in [0, 0.05) is 0 Å². The van der Waals surface area contributed by atoms with Crippen molar-refractivity contribution in [3.8, 4) is 5.75 Å². The van der Waals surface area contributed by atoms with E-state index >= 15 is 0 Å². The van der Waals surface area contributed by atoms with Gasteiger partial charge in [0.1, 0.15) is 5.02 Å². The fraction of sp³-hybridized carbons (Fsp3) is 0.600. The molecule has 82 valence electrons. The molecule has 0 N–H and O–H groups in total. The summed E-state index contributed by atoms with van der Waals surface area (Å²) in [5, 5.41) is 7.91. The number of hydrogen-bond acceptors (Lipinski definition) is 3. The lowest BCUT2D eigenvalue weighted by Crippen LogP contribution is -2.19. The first kappa shape index (κ1) is 11.0. The van der Waals surface area contributed by atoms with Crippen LogP contribution in [0.15, 0.2) is 6.20 Å². The summed E-state index contributed by atoms with van der Waals surface area (Å²) in [4.78, 5) is 0. The van der Waals surface area contributed by atoms with E-state index < -0.39 is 0 Å². The van der Waals surface area contributed by atoms with Gasteiger partial charge in [-0.05, 0) is 25.7 Å². The highest BCUT2D eigenvalue weighted by Gasteiger charge is 2.17. The molecule has 1 fully saturated rings. The van der Waals surface area contributed by atoms with Crippen LogP contribution < -0.4 is 4.74 Å². The predicted octanol–water partition coefficient (Wildman–Crippen LogP) is 3.49. The zero-order valence-electron chi connectivity index (χ0n) is 8.25. The minimum atomic E-state index is 0.199. The van der Waals surface area contributed by atoms with Crippen molar-refractivity contribution in [1.82, 2.24) is 10.2 Å². The number of hydrogen-bond donors (Lipinski definition) is 0. The largest absolute Gasteiger partial charge is 0.487 e. The van der Waals surface area contributed by atoms with Gasteiger partial charge < -0.3 is 4.74 Å². The van der Waals surface area contributed by atoms with Gasteiger partial charge in [-0.1, -0.05) is 29.6 Å². The van der Waals surface area contributed by atoms with Crippen LogP contribution in [0.4, 0.5) is 0 Å². The summed E-state index contributed by atoms with van der Waals surface area (Å²) in [6, 6.07) is 0. The average Bonchev–Trinajstić information content (AvgIpc) is 2.26.